The predicted octanol–water partition coefficient (Wildman–Crippen LogP) is 16.1. The van der Waals surface area contributed by atoms with Gasteiger partial charge < -0.3 is 9.80 Å². The zero-order valence-electron chi connectivity index (χ0n) is 45.5. The fourth-order valence-electron chi connectivity index (χ4n) is 14.3. The molecule has 5 aliphatic rings. The second-order valence-corrected chi connectivity index (χ2v) is 27.2. The van der Waals surface area contributed by atoms with Crippen LogP contribution in [0.25, 0.3) is 0 Å². The Bertz CT molecular complexity index is 3140. The van der Waals surface area contributed by atoms with Crippen LogP contribution in [0, 0.1) is 20.8 Å². The summed E-state index contributed by atoms with van der Waals surface area (Å²) in [5.41, 5.74) is 28.4. The van der Waals surface area contributed by atoms with Gasteiger partial charge in [0.2, 0.25) is 0 Å². The molecule has 0 radical (unpaired) electrons. The lowest BCUT2D eigenvalue weighted by Crippen LogP contribution is -2.62. The first-order chi connectivity index (χ1) is 32.2. The zero-order valence-corrected chi connectivity index (χ0v) is 45.5. The molecule has 0 atom stereocenters. The second kappa shape index (κ2) is 14.8. The molecular formula is C66H79BN2. The lowest BCUT2D eigenvalue weighted by Gasteiger charge is -2.49. The summed E-state index contributed by atoms with van der Waals surface area (Å²) >= 11 is 0. The average molecular weight is 911 g/mol. The summed E-state index contributed by atoms with van der Waals surface area (Å²) in [6, 6.07) is 39.5. The Morgan fingerprint density at radius 2 is 0.884 bits per heavy atom. The third-order valence-electron chi connectivity index (χ3n) is 19.3. The van der Waals surface area contributed by atoms with Gasteiger partial charge in [-0.1, -0.05) is 158 Å². The van der Waals surface area contributed by atoms with Gasteiger partial charge in [0.05, 0.1) is 0 Å². The quantitative estimate of drug-likeness (QED) is 0.162. The lowest BCUT2D eigenvalue weighted by molar-refractivity contribution is 0.330. The normalized spacial score (nSPS) is 20.5. The van der Waals surface area contributed by atoms with E-state index in [1.807, 2.05) is 0 Å². The molecule has 3 aliphatic carbocycles. The van der Waals surface area contributed by atoms with E-state index in [4.69, 9.17) is 0 Å². The topological polar surface area (TPSA) is 6.48 Å². The minimum atomic E-state index is -0.209. The van der Waals surface area contributed by atoms with Gasteiger partial charge in [-0.25, -0.2) is 0 Å². The Morgan fingerprint density at radius 1 is 0.406 bits per heavy atom. The number of hydrogen-bond donors (Lipinski definition) is 0. The number of rotatable bonds is 4. The Hall–Kier alpha value is -5.02. The summed E-state index contributed by atoms with van der Waals surface area (Å²) in [5, 5.41) is 0. The number of nitrogens with zero attached hydrogens (tertiary/aromatic N) is 2. The van der Waals surface area contributed by atoms with Crippen LogP contribution in [0.5, 0.6) is 0 Å². The van der Waals surface area contributed by atoms with E-state index in [0.717, 1.165) is 0 Å². The minimum Gasteiger partial charge on any atom is -0.311 e. The molecular weight excluding hydrogens is 832 g/mol. The molecule has 69 heavy (non-hydrogen) atoms. The molecule has 0 spiro atoms. The van der Waals surface area contributed by atoms with E-state index in [0.29, 0.717) is 0 Å². The van der Waals surface area contributed by atoms with Crippen LogP contribution in [0.2, 0.25) is 0 Å². The van der Waals surface area contributed by atoms with Crippen molar-refractivity contribution in [3.05, 3.63) is 158 Å². The molecule has 11 rings (SSSR count). The van der Waals surface area contributed by atoms with Gasteiger partial charge >= 0.3 is 0 Å². The van der Waals surface area contributed by atoms with E-state index in [9.17, 15) is 0 Å². The monoisotopic (exact) mass is 911 g/mol. The molecule has 0 fully saturated rings. The van der Waals surface area contributed by atoms with Crippen LogP contribution in [-0.2, 0) is 37.9 Å². The van der Waals surface area contributed by atoms with E-state index in [-0.39, 0.29) is 44.6 Å². The van der Waals surface area contributed by atoms with Crippen LogP contribution >= 0.6 is 0 Å². The standard InChI is InChI=1S/C66H79BN2/c1-40-33-56-59-57(34-40)69(53-38-48-46(35-41(53)2)61(6,7)27-29-63(48,10)11)54-36-44(66(16,17)43-21-19-18-20-22-43)23-25-50(54)67(59)51-37-47-49(64(12,13)30-28-62(47,8)9)39-55(51)68(56)52-26-24-45-58(42(52)3)65(14,15)32-31-60(45,4)5/h18-26,33-39H,27-32H2,1-17H3. The first-order valence-corrected chi connectivity index (χ1v) is 26.6. The molecule has 2 nitrogen and oxygen atoms in total. The summed E-state index contributed by atoms with van der Waals surface area (Å²) in [6.45, 7) is 41.9. The van der Waals surface area contributed by atoms with Gasteiger partial charge in [0.1, 0.15) is 0 Å². The highest BCUT2D eigenvalue weighted by atomic mass is 15.2. The Kier molecular flexibility index (Phi) is 9.93. The Labute approximate surface area is 417 Å². The van der Waals surface area contributed by atoms with Gasteiger partial charge in [-0.15, -0.1) is 0 Å². The highest BCUT2D eigenvalue weighted by molar-refractivity contribution is 7.00. The number of fused-ring (bicyclic) bond motifs is 7. The molecule has 0 amide bonds. The van der Waals surface area contributed by atoms with Crippen LogP contribution in [0.4, 0.5) is 34.1 Å². The average Bonchev–Trinajstić information content (AvgIpc) is 3.28. The van der Waals surface area contributed by atoms with Crippen LogP contribution in [0.3, 0.4) is 0 Å². The third kappa shape index (κ3) is 6.77. The van der Waals surface area contributed by atoms with Gasteiger partial charge in [-0.05, 0) is 206 Å². The van der Waals surface area contributed by atoms with Crippen molar-refractivity contribution in [3.63, 3.8) is 0 Å². The minimum absolute atomic E-state index is 0.0507. The first-order valence-electron chi connectivity index (χ1n) is 26.6. The third-order valence-corrected chi connectivity index (χ3v) is 19.3. The SMILES string of the molecule is Cc1cc2c3c(c1)N(c1ccc4c(c1C)C(C)(C)CCC4(C)C)c1cc4c(cc1B3c1ccc(C(C)(C)c3ccccc3)cc1N2c1cc2c(cc1C)C(C)(C)CCC2(C)C)C(C)(C)CCC4(C)C. The van der Waals surface area contributed by atoms with Crippen LogP contribution < -0.4 is 26.2 Å². The number of aryl methyl sites for hydroxylation is 2. The number of benzene rings is 6. The highest BCUT2D eigenvalue weighted by Crippen LogP contribution is 2.55. The first kappa shape index (κ1) is 46.4. The molecule has 0 saturated carbocycles. The van der Waals surface area contributed by atoms with Gasteiger partial charge in [0.25, 0.3) is 6.71 Å². The van der Waals surface area contributed by atoms with Crippen molar-refractivity contribution < 1.29 is 0 Å². The Morgan fingerprint density at radius 3 is 1.46 bits per heavy atom. The number of hydrogen-bond acceptors (Lipinski definition) is 2. The smallest absolute Gasteiger partial charge is 0.252 e. The zero-order chi connectivity index (χ0) is 49.3. The fourth-order valence-corrected chi connectivity index (χ4v) is 14.3. The van der Waals surface area contributed by atoms with E-state index in [1.165, 1.54) is 145 Å². The summed E-state index contributed by atoms with van der Waals surface area (Å²) in [5.74, 6) is 0. The summed E-state index contributed by atoms with van der Waals surface area (Å²) < 4.78 is 0. The van der Waals surface area contributed by atoms with Crippen molar-refractivity contribution in [2.24, 2.45) is 0 Å². The van der Waals surface area contributed by atoms with Crippen molar-refractivity contribution >= 4 is 57.2 Å². The van der Waals surface area contributed by atoms with E-state index in [2.05, 4.69) is 225 Å². The van der Waals surface area contributed by atoms with Crippen LogP contribution in [0.1, 0.15) is 197 Å². The predicted molar refractivity (Wildman–Crippen MR) is 299 cm³/mol. The van der Waals surface area contributed by atoms with Crippen LogP contribution in [-0.4, -0.2) is 6.71 Å². The maximum atomic E-state index is 2.75. The van der Waals surface area contributed by atoms with Crippen molar-refractivity contribution in [1.29, 1.82) is 0 Å². The van der Waals surface area contributed by atoms with Crippen molar-refractivity contribution in [2.45, 2.75) is 194 Å². The summed E-state index contributed by atoms with van der Waals surface area (Å²) in [4.78, 5) is 5.49. The van der Waals surface area contributed by atoms with Crippen molar-refractivity contribution in [1.82, 2.24) is 0 Å². The lowest BCUT2D eigenvalue weighted by atomic mass is 9.33. The largest absolute Gasteiger partial charge is 0.311 e. The molecule has 6 aromatic rings. The van der Waals surface area contributed by atoms with Crippen molar-refractivity contribution in [2.75, 3.05) is 9.80 Å². The van der Waals surface area contributed by atoms with Crippen LogP contribution in [0.15, 0.2) is 97.1 Å². The molecule has 356 valence electrons. The fraction of sp³-hybridized carbons (Fsp3) is 0.455. The molecule has 2 aliphatic heterocycles. The maximum absolute atomic E-state index is 2.75. The number of anilines is 6. The summed E-state index contributed by atoms with van der Waals surface area (Å²) in [7, 11) is 0. The van der Waals surface area contributed by atoms with Gasteiger partial charge in [-0.2, -0.15) is 0 Å². The van der Waals surface area contributed by atoms with Gasteiger partial charge in [0, 0.05) is 39.5 Å². The molecule has 0 bridgehead atoms. The van der Waals surface area contributed by atoms with E-state index < -0.39 is 0 Å². The molecule has 3 heteroatoms. The summed E-state index contributed by atoms with van der Waals surface area (Å²) in [6.07, 6.45) is 7.15. The van der Waals surface area contributed by atoms with Gasteiger partial charge in [-0.3, -0.25) is 0 Å². The second-order valence-electron chi connectivity index (χ2n) is 27.2. The molecule has 0 aromatic heterocycles. The molecule has 0 N–H and O–H groups in total. The van der Waals surface area contributed by atoms with E-state index in [1.54, 1.807) is 5.56 Å². The van der Waals surface area contributed by atoms with E-state index >= 15 is 0 Å². The molecule has 0 unspecified atom stereocenters. The molecule has 6 aromatic carbocycles. The molecule has 0 saturated heterocycles. The maximum Gasteiger partial charge on any atom is 0.252 e. The highest BCUT2D eigenvalue weighted by Gasteiger charge is 2.49. The van der Waals surface area contributed by atoms with Gasteiger partial charge in [0.15, 0.2) is 0 Å². The van der Waals surface area contributed by atoms with Crippen molar-refractivity contribution in [3.8, 4) is 0 Å². The Balaban J connectivity index is 1.27. The molecule has 2 heterocycles.